The van der Waals surface area contributed by atoms with Crippen LogP contribution >= 0.6 is 24.0 Å². The lowest BCUT2D eigenvalue weighted by Gasteiger charge is -2.04. The Balaban J connectivity index is 0.00000169. The second-order valence-electron chi connectivity index (χ2n) is 2.43. The van der Waals surface area contributed by atoms with Crippen LogP contribution in [0.5, 0.6) is 5.75 Å². The van der Waals surface area contributed by atoms with Gasteiger partial charge in [-0.1, -0.05) is 11.6 Å². The fraction of sp³-hybridized carbons (Fsp3) is 0.222. The van der Waals surface area contributed by atoms with Crippen molar-refractivity contribution in [3.05, 3.63) is 28.8 Å². The predicted molar refractivity (Wildman–Crippen MR) is 58.6 cm³/mol. The normalized spacial score (nSPS) is 8.79. The molecule has 0 aliphatic rings. The van der Waals surface area contributed by atoms with Crippen LogP contribution in [-0.2, 0) is 0 Å². The molecule has 0 spiro atoms. The monoisotopic (exact) mass is 235 g/mol. The number of rotatable bonds is 2. The Bertz CT molecular complexity index is 329. The van der Waals surface area contributed by atoms with Crippen LogP contribution in [0.4, 0.5) is 0 Å². The molecule has 78 valence electrons. The molecule has 0 aromatic heterocycles. The molecule has 3 nitrogen and oxygen atoms in total. The van der Waals surface area contributed by atoms with Gasteiger partial charge in [-0.15, -0.1) is 12.4 Å². The van der Waals surface area contributed by atoms with E-state index in [0.29, 0.717) is 16.3 Å². The lowest BCUT2D eigenvalue weighted by Crippen LogP contribution is -2.17. The van der Waals surface area contributed by atoms with Gasteiger partial charge in [0, 0.05) is 12.6 Å². The molecule has 1 amide bonds. The quantitative estimate of drug-likeness (QED) is 0.854. The largest absolute Gasteiger partial charge is 0.495 e. The van der Waals surface area contributed by atoms with E-state index < -0.39 is 0 Å². The highest BCUT2D eigenvalue weighted by molar-refractivity contribution is 6.32. The van der Waals surface area contributed by atoms with E-state index in [1.807, 2.05) is 0 Å². The van der Waals surface area contributed by atoms with Gasteiger partial charge in [0.15, 0.2) is 0 Å². The summed E-state index contributed by atoms with van der Waals surface area (Å²) in [4.78, 5) is 11.2. The number of nitrogens with one attached hydrogen (secondary N) is 1. The summed E-state index contributed by atoms with van der Waals surface area (Å²) in [5, 5.41) is 2.94. The fourth-order valence-electron chi connectivity index (χ4n) is 0.952. The van der Waals surface area contributed by atoms with Gasteiger partial charge in [-0.3, -0.25) is 4.79 Å². The van der Waals surface area contributed by atoms with Gasteiger partial charge < -0.3 is 10.1 Å². The maximum absolute atomic E-state index is 11.2. The van der Waals surface area contributed by atoms with E-state index in [9.17, 15) is 4.79 Å². The van der Waals surface area contributed by atoms with Crippen LogP contribution < -0.4 is 10.1 Å². The molecule has 5 heteroatoms. The number of amides is 1. The van der Waals surface area contributed by atoms with Crippen LogP contribution in [0.1, 0.15) is 10.4 Å². The smallest absolute Gasteiger partial charge is 0.251 e. The van der Waals surface area contributed by atoms with Crippen molar-refractivity contribution in [2.75, 3.05) is 14.2 Å². The number of hydrogen-bond donors (Lipinski definition) is 1. The zero-order valence-electron chi connectivity index (χ0n) is 7.83. The molecule has 1 aromatic carbocycles. The molecule has 1 aromatic rings. The highest BCUT2D eigenvalue weighted by Crippen LogP contribution is 2.24. The first-order chi connectivity index (χ1) is 6.19. The molecule has 0 fully saturated rings. The van der Waals surface area contributed by atoms with Gasteiger partial charge in [-0.2, -0.15) is 0 Å². The topological polar surface area (TPSA) is 38.3 Å². The van der Waals surface area contributed by atoms with Gasteiger partial charge in [0.05, 0.1) is 12.1 Å². The first-order valence-corrected chi connectivity index (χ1v) is 4.12. The van der Waals surface area contributed by atoms with Crippen molar-refractivity contribution in [3.63, 3.8) is 0 Å². The molecule has 14 heavy (non-hydrogen) atoms. The average molecular weight is 236 g/mol. The molecule has 0 saturated carbocycles. The predicted octanol–water partition coefficient (Wildman–Crippen LogP) is 2.13. The summed E-state index contributed by atoms with van der Waals surface area (Å²) in [6, 6.07) is 4.88. The van der Waals surface area contributed by atoms with Gasteiger partial charge in [-0.25, -0.2) is 0 Å². The Labute approximate surface area is 93.8 Å². The number of halogens is 2. The Morgan fingerprint density at radius 1 is 1.50 bits per heavy atom. The van der Waals surface area contributed by atoms with Gasteiger partial charge in [0.1, 0.15) is 5.75 Å². The minimum atomic E-state index is -0.162. The average Bonchev–Trinajstić information content (AvgIpc) is 2.16. The third-order valence-electron chi connectivity index (χ3n) is 1.64. The van der Waals surface area contributed by atoms with Crippen molar-refractivity contribution in [3.8, 4) is 5.75 Å². The number of carbonyl (C=O) groups is 1. The molecule has 0 saturated heterocycles. The second-order valence-corrected chi connectivity index (χ2v) is 2.84. The molecule has 0 heterocycles. The Morgan fingerprint density at radius 2 is 2.14 bits per heavy atom. The van der Waals surface area contributed by atoms with E-state index in [1.165, 1.54) is 7.11 Å². The van der Waals surface area contributed by atoms with E-state index in [1.54, 1.807) is 25.2 Å². The van der Waals surface area contributed by atoms with Gasteiger partial charge >= 0.3 is 0 Å². The van der Waals surface area contributed by atoms with Crippen molar-refractivity contribution in [2.24, 2.45) is 0 Å². The van der Waals surface area contributed by atoms with Crippen molar-refractivity contribution in [1.82, 2.24) is 5.32 Å². The van der Waals surface area contributed by atoms with Gasteiger partial charge in [0.2, 0.25) is 0 Å². The summed E-state index contributed by atoms with van der Waals surface area (Å²) in [6.07, 6.45) is 0. The van der Waals surface area contributed by atoms with Crippen LogP contribution in [0.25, 0.3) is 0 Å². The molecule has 0 aliphatic carbocycles. The van der Waals surface area contributed by atoms with E-state index in [2.05, 4.69) is 5.32 Å². The molecule has 1 rings (SSSR count). The summed E-state index contributed by atoms with van der Waals surface area (Å²) < 4.78 is 4.95. The van der Waals surface area contributed by atoms with Crippen LogP contribution in [0, 0.1) is 0 Å². The van der Waals surface area contributed by atoms with Crippen LogP contribution in [0.3, 0.4) is 0 Å². The van der Waals surface area contributed by atoms with E-state index in [4.69, 9.17) is 16.3 Å². The third kappa shape index (κ3) is 2.79. The maximum Gasteiger partial charge on any atom is 0.251 e. The Hall–Kier alpha value is -0.930. The highest BCUT2D eigenvalue weighted by atomic mass is 35.5. The van der Waals surface area contributed by atoms with Crippen molar-refractivity contribution >= 4 is 29.9 Å². The third-order valence-corrected chi connectivity index (χ3v) is 1.94. The lowest BCUT2D eigenvalue weighted by atomic mass is 10.2. The zero-order chi connectivity index (χ0) is 9.84. The first-order valence-electron chi connectivity index (χ1n) is 3.74. The van der Waals surface area contributed by atoms with Crippen molar-refractivity contribution in [2.45, 2.75) is 0 Å². The van der Waals surface area contributed by atoms with Crippen LogP contribution in [0.2, 0.25) is 5.02 Å². The highest BCUT2D eigenvalue weighted by Gasteiger charge is 2.06. The SMILES string of the molecule is CNC(=O)c1ccc(OC)c(Cl)c1.Cl. The molecule has 0 unspecified atom stereocenters. The molecule has 0 bridgehead atoms. The van der Waals surface area contributed by atoms with Crippen LogP contribution in [-0.4, -0.2) is 20.1 Å². The number of carbonyl (C=O) groups excluding carboxylic acids is 1. The first kappa shape index (κ1) is 13.1. The van der Waals surface area contributed by atoms with Crippen LogP contribution in [0.15, 0.2) is 18.2 Å². The van der Waals surface area contributed by atoms with Gasteiger partial charge in [0.25, 0.3) is 5.91 Å². The summed E-state index contributed by atoms with van der Waals surface area (Å²) in [7, 11) is 3.10. The molecular formula is C9H11Cl2NO2. The standard InChI is InChI=1S/C9H10ClNO2.ClH/c1-11-9(12)6-3-4-8(13-2)7(10)5-6;/h3-5H,1-2H3,(H,11,12);1H. The lowest BCUT2D eigenvalue weighted by molar-refractivity contribution is 0.0963. The number of ether oxygens (including phenoxy) is 1. The summed E-state index contributed by atoms with van der Waals surface area (Å²) >= 11 is 5.83. The van der Waals surface area contributed by atoms with Crippen molar-refractivity contribution < 1.29 is 9.53 Å². The van der Waals surface area contributed by atoms with E-state index in [-0.39, 0.29) is 18.3 Å². The summed E-state index contributed by atoms with van der Waals surface area (Å²) in [6.45, 7) is 0. The molecule has 1 N–H and O–H groups in total. The molecule has 0 aliphatic heterocycles. The summed E-state index contributed by atoms with van der Waals surface area (Å²) in [5.41, 5.74) is 0.522. The summed E-state index contributed by atoms with van der Waals surface area (Å²) in [5.74, 6) is 0.402. The molecule has 0 radical (unpaired) electrons. The molecule has 0 atom stereocenters. The van der Waals surface area contributed by atoms with E-state index in [0.717, 1.165) is 0 Å². The minimum absolute atomic E-state index is 0. The fourth-order valence-corrected chi connectivity index (χ4v) is 1.21. The van der Waals surface area contributed by atoms with E-state index >= 15 is 0 Å². The number of benzene rings is 1. The van der Waals surface area contributed by atoms with Gasteiger partial charge in [-0.05, 0) is 18.2 Å². The zero-order valence-corrected chi connectivity index (χ0v) is 9.41. The Morgan fingerprint density at radius 3 is 2.57 bits per heavy atom. The number of hydrogen-bond acceptors (Lipinski definition) is 2. The minimum Gasteiger partial charge on any atom is -0.495 e. The maximum atomic E-state index is 11.2. The van der Waals surface area contributed by atoms with Crippen molar-refractivity contribution in [1.29, 1.82) is 0 Å². The molecular weight excluding hydrogens is 225 g/mol. The second kappa shape index (κ2) is 5.73. The number of methoxy groups -OCH3 is 1. The Kier molecular flexibility index (Phi) is 5.35.